The highest BCUT2D eigenvalue weighted by Gasteiger charge is 2.28. The first-order valence-corrected chi connectivity index (χ1v) is 8.11. The third-order valence-electron chi connectivity index (χ3n) is 3.30. The van der Waals surface area contributed by atoms with Crippen LogP contribution in [0.25, 0.3) is 0 Å². The molecular formula is C14H21NO4S. The summed E-state index contributed by atoms with van der Waals surface area (Å²) in [6.45, 7) is 6.44. The van der Waals surface area contributed by atoms with Crippen LogP contribution in [0.1, 0.15) is 37.6 Å². The summed E-state index contributed by atoms with van der Waals surface area (Å²) in [5.41, 5.74) is -0.185. The van der Waals surface area contributed by atoms with E-state index in [0.717, 1.165) is 6.42 Å². The zero-order chi connectivity index (χ0) is 15.3. The number of nitrogens with zero attached hydrogens (tertiary/aromatic N) is 1. The molecule has 0 aliphatic carbocycles. The fourth-order valence-corrected chi connectivity index (χ4v) is 3.63. The first-order chi connectivity index (χ1) is 9.34. The summed E-state index contributed by atoms with van der Waals surface area (Å²) in [4.78, 5) is 11.0. The van der Waals surface area contributed by atoms with Crippen LogP contribution >= 0.6 is 0 Å². The molecule has 1 atom stereocenters. The summed E-state index contributed by atoms with van der Waals surface area (Å²) in [5.74, 6) is -1.01. The maximum atomic E-state index is 12.6. The molecule has 0 amide bonds. The molecule has 0 heterocycles. The van der Waals surface area contributed by atoms with E-state index in [-0.39, 0.29) is 16.4 Å². The standard InChI is InChI=1S/C14H21NO4S/c1-4-11(3)10-15(5-2)20(18,19)13-9-7-6-8-12(13)14(16)17/h6-9,11H,4-5,10H2,1-3H3,(H,16,17). The van der Waals surface area contributed by atoms with Crippen molar-refractivity contribution in [3.63, 3.8) is 0 Å². The Kier molecular flexibility index (Phi) is 5.71. The second-order valence-corrected chi connectivity index (χ2v) is 6.68. The minimum atomic E-state index is -3.78. The first kappa shape index (κ1) is 16.7. The minimum Gasteiger partial charge on any atom is -0.478 e. The molecule has 0 aliphatic heterocycles. The van der Waals surface area contributed by atoms with Crippen LogP contribution in [0.4, 0.5) is 0 Å². The lowest BCUT2D eigenvalue weighted by atomic mass is 10.1. The summed E-state index contributed by atoms with van der Waals surface area (Å²) in [7, 11) is -3.78. The average Bonchev–Trinajstić information content (AvgIpc) is 2.44. The van der Waals surface area contributed by atoms with E-state index < -0.39 is 16.0 Å². The van der Waals surface area contributed by atoms with E-state index in [9.17, 15) is 13.2 Å². The second-order valence-electron chi connectivity index (χ2n) is 4.77. The molecule has 1 unspecified atom stereocenters. The van der Waals surface area contributed by atoms with Gasteiger partial charge < -0.3 is 5.11 Å². The normalized spacial score (nSPS) is 13.4. The van der Waals surface area contributed by atoms with E-state index in [0.29, 0.717) is 13.1 Å². The van der Waals surface area contributed by atoms with Crippen molar-refractivity contribution in [3.05, 3.63) is 29.8 Å². The quantitative estimate of drug-likeness (QED) is 0.839. The highest BCUT2D eigenvalue weighted by Crippen LogP contribution is 2.21. The fourth-order valence-electron chi connectivity index (χ4n) is 1.88. The summed E-state index contributed by atoms with van der Waals surface area (Å²) < 4.78 is 26.5. The Morgan fingerprint density at radius 2 is 1.90 bits per heavy atom. The van der Waals surface area contributed by atoms with Crippen molar-refractivity contribution in [2.24, 2.45) is 5.92 Å². The molecule has 1 N–H and O–H groups in total. The van der Waals surface area contributed by atoms with Crippen LogP contribution in [0.3, 0.4) is 0 Å². The Bertz CT molecular complexity index is 568. The lowest BCUT2D eigenvalue weighted by Crippen LogP contribution is -2.35. The van der Waals surface area contributed by atoms with Crippen LogP contribution in [0.15, 0.2) is 29.2 Å². The van der Waals surface area contributed by atoms with Gasteiger partial charge in [0.25, 0.3) is 0 Å². The fraction of sp³-hybridized carbons (Fsp3) is 0.500. The van der Waals surface area contributed by atoms with Gasteiger partial charge in [0.1, 0.15) is 0 Å². The van der Waals surface area contributed by atoms with Gasteiger partial charge >= 0.3 is 5.97 Å². The zero-order valence-corrected chi connectivity index (χ0v) is 12.9. The van der Waals surface area contributed by atoms with Gasteiger partial charge in [0.15, 0.2) is 0 Å². The Balaban J connectivity index is 3.24. The summed E-state index contributed by atoms with van der Waals surface area (Å²) >= 11 is 0. The topological polar surface area (TPSA) is 74.7 Å². The van der Waals surface area contributed by atoms with E-state index in [1.165, 1.54) is 28.6 Å². The molecule has 0 aromatic heterocycles. The summed E-state index contributed by atoms with van der Waals surface area (Å²) in [5, 5.41) is 9.13. The Morgan fingerprint density at radius 1 is 1.30 bits per heavy atom. The lowest BCUT2D eigenvalue weighted by Gasteiger charge is -2.24. The molecule has 1 rings (SSSR count). The molecule has 0 radical (unpaired) electrons. The monoisotopic (exact) mass is 299 g/mol. The number of carboxylic acid groups (broad SMARTS) is 1. The van der Waals surface area contributed by atoms with Gasteiger partial charge in [-0.25, -0.2) is 13.2 Å². The van der Waals surface area contributed by atoms with Crippen LogP contribution in [0.5, 0.6) is 0 Å². The van der Waals surface area contributed by atoms with Crippen LogP contribution < -0.4 is 0 Å². The van der Waals surface area contributed by atoms with Crippen molar-refractivity contribution in [1.82, 2.24) is 4.31 Å². The van der Waals surface area contributed by atoms with Crippen LogP contribution in [0.2, 0.25) is 0 Å². The van der Waals surface area contributed by atoms with Crippen molar-refractivity contribution < 1.29 is 18.3 Å². The average molecular weight is 299 g/mol. The zero-order valence-electron chi connectivity index (χ0n) is 12.0. The SMILES string of the molecule is CCC(C)CN(CC)S(=O)(=O)c1ccccc1C(=O)O. The van der Waals surface area contributed by atoms with E-state index in [1.54, 1.807) is 6.92 Å². The molecule has 0 aliphatic rings. The van der Waals surface area contributed by atoms with Crippen LogP contribution in [-0.2, 0) is 10.0 Å². The maximum absolute atomic E-state index is 12.6. The van der Waals surface area contributed by atoms with Gasteiger partial charge in [-0.1, -0.05) is 39.3 Å². The number of rotatable bonds is 7. The highest BCUT2D eigenvalue weighted by molar-refractivity contribution is 7.89. The maximum Gasteiger partial charge on any atom is 0.337 e. The molecule has 0 saturated heterocycles. The number of hydrogen-bond acceptors (Lipinski definition) is 3. The molecule has 1 aromatic rings. The molecule has 0 saturated carbocycles. The molecule has 0 bridgehead atoms. The van der Waals surface area contributed by atoms with E-state index >= 15 is 0 Å². The third-order valence-corrected chi connectivity index (χ3v) is 5.30. The van der Waals surface area contributed by atoms with Crippen molar-refractivity contribution in [3.8, 4) is 0 Å². The third kappa shape index (κ3) is 3.58. The van der Waals surface area contributed by atoms with Crippen LogP contribution in [-0.4, -0.2) is 36.9 Å². The molecule has 0 fully saturated rings. The molecule has 5 nitrogen and oxygen atoms in total. The Morgan fingerprint density at radius 3 is 2.40 bits per heavy atom. The Hall–Kier alpha value is -1.40. The van der Waals surface area contributed by atoms with Gasteiger partial charge in [0.2, 0.25) is 10.0 Å². The van der Waals surface area contributed by atoms with Crippen molar-refractivity contribution in [1.29, 1.82) is 0 Å². The van der Waals surface area contributed by atoms with Crippen LogP contribution in [0, 0.1) is 5.92 Å². The molecule has 112 valence electrons. The summed E-state index contributed by atoms with van der Waals surface area (Å²) in [6, 6.07) is 5.72. The van der Waals surface area contributed by atoms with E-state index in [4.69, 9.17) is 5.11 Å². The Labute approximate surface area is 120 Å². The molecule has 20 heavy (non-hydrogen) atoms. The minimum absolute atomic E-state index is 0.141. The number of hydrogen-bond donors (Lipinski definition) is 1. The van der Waals surface area contributed by atoms with Gasteiger partial charge in [0, 0.05) is 13.1 Å². The lowest BCUT2D eigenvalue weighted by molar-refractivity contribution is 0.0692. The van der Waals surface area contributed by atoms with Crippen molar-refractivity contribution in [2.75, 3.05) is 13.1 Å². The molecule has 1 aromatic carbocycles. The van der Waals surface area contributed by atoms with Gasteiger partial charge in [-0.15, -0.1) is 0 Å². The summed E-state index contributed by atoms with van der Waals surface area (Å²) in [6.07, 6.45) is 0.868. The first-order valence-electron chi connectivity index (χ1n) is 6.67. The predicted octanol–water partition coefficient (Wildman–Crippen LogP) is 2.44. The van der Waals surface area contributed by atoms with Gasteiger partial charge in [0.05, 0.1) is 10.5 Å². The number of benzene rings is 1. The predicted molar refractivity (Wildman–Crippen MR) is 77.3 cm³/mol. The van der Waals surface area contributed by atoms with Crippen molar-refractivity contribution >= 4 is 16.0 Å². The largest absolute Gasteiger partial charge is 0.478 e. The number of carboxylic acids is 1. The molecule has 0 spiro atoms. The van der Waals surface area contributed by atoms with Gasteiger partial charge in [-0.3, -0.25) is 0 Å². The molecule has 6 heteroatoms. The highest BCUT2D eigenvalue weighted by atomic mass is 32.2. The number of sulfonamides is 1. The number of carbonyl (C=O) groups is 1. The van der Waals surface area contributed by atoms with Gasteiger partial charge in [-0.05, 0) is 18.1 Å². The number of aromatic carboxylic acids is 1. The molecular weight excluding hydrogens is 278 g/mol. The van der Waals surface area contributed by atoms with E-state index in [2.05, 4.69) is 0 Å². The van der Waals surface area contributed by atoms with Gasteiger partial charge in [-0.2, -0.15) is 4.31 Å². The van der Waals surface area contributed by atoms with Crippen molar-refractivity contribution in [2.45, 2.75) is 32.1 Å². The van der Waals surface area contributed by atoms with E-state index in [1.807, 2.05) is 13.8 Å². The smallest absolute Gasteiger partial charge is 0.337 e. The second kappa shape index (κ2) is 6.85.